The lowest BCUT2D eigenvalue weighted by molar-refractivity contribution is 0.467. The molecule has 0 bridgehead atoms. The Morgan fingerprint density at radius 1 is 0.952 bits per heavy atom. The molecule has 0 radical (unpaired) electrons. The van der Waals surface area contributed by atoms with Crippen LogP contribution in [0.15, 0.2) is 66.9 Å². The number of hydrogen-bond acceptors (Lipinski definition) is 3. The third kappa shape index (κ3) is 2.98. The average molecular weight is 297 g/mol. The topological polar surface area (TPSA) is 48.1 Å². The van der Waals surface area contributed by atoms with E-state index in [2.05, 4.69) is 4.98 Å². The van der Waals surface area contributed by atoms with E-state index in [1.807, 2.05) is 54.6 Å². The van der Waals surface area contributed by atoms with E-state index in [0.717, 1.165) is 11.1 Å². The van der Waals surface area contributed by atoms with Crippen LogP contribution >= 0.6 is 11.6 Å². The number of hydrogen-bond donors (Lipinski definition) is 1. The van der Waals surface area contributed by atoms with Gasteiger partial charge < -0.3 is 10.5 Å². The molecule has 0 unspecified atom stereocenters. The van der Waals surface area contributed by atoms with E-state index >= 15 is 0 Å². The first kappa shape index (κ1) is 13.5. The van der Waals surface area contributed by atoms with Gasteiger partial charge in [-0.2, -0.15) is 0 Å². The van der Waals surface area contributed by atoms with Crippen LogP contribution in [0.25, 0.3) is 11.1 Å². The quantitative estimate of drug-likeness (QED) is 0.757. The van der Waals surface area contributed by atoms with Gasteiger partial charge in [0.15, 0.2) is 0 Å². The van der Waals surface area contributed by atoms with E-state index in [1.54, 1.807) is 6.07 Å². The number of para-hydroxylation sites is 1. The molecule has 4 heteroatoms. The first-order valence-corrected chi connectivity index (χ1v) is 6.85. The molecule has 0 atom stereocenters. The number of ether oxygens (including phenoxy) is 1. The SMILES string of the molecule is Nc1cc(Cl)cnc1Oc1ccccc1-c1ccccc1. The van der Waals surface area contributed by atoms with Crippen molar-refractivity contribution in [2.24, 2.45) is 0 Å². The van der Waals surface area contributed by atoms with E-state index < -0.39 is 0 Å². The van der Waals surface area contributed by atoms with Crippen molar-refractivity contribution < 1.29 is 4.74 Å². The van der Waals surface area contributed by atoms with Crippen LogP contribution in [0.2, 0.25) is 5.02 Å². The van der Waals surface area contributed by atoms with Crippen LogP contribution < -0.4 is 10.5 Å². The van der Waals surface area contributed by atoms with Crippen LogP contribution in [0.3, 0.4) is 0 Å². The summed E-state index contributed by atoms with van der Waals surface area (Å²) in [6.07, 6.45) is 1.51. The zero-order valence-electron chi connectivity index (χ0n) is 11.2. The number of halogens is 1. The van der Waals surface area contributed by atoms with Crippen molar-refractivity contribution in [2.75, 3.05) is 5.73 Å². The molecular weight excluding hydrogens is 284 g/mol. The first-order chi connectivity index (χ1) is 10.2. The molecule has 2 aromatic carbocycles. The van der Waals surface area contributed by atoms with Crippen molar-refractivity contribution in [3.8, 4) is 22.8 Å². The minimum absolute atomic E-state index is 0.350. The minimum atomic E-state index is 0.350. The van der Waals surface area contributed by atoms with Crippen LogP contribution in [0, 0.1) is 0 Å². The summed E-state index contributed by atoms with van der Waals surface area (Å²) in [5.74, 6) is 1.05. The summed E-state index contributed by atoms with van der Waals surface area (Å²) < 4.78 is 5.85. The third-order valence-electron chi connectivity index (χ3n) is 3.02. The van der Waals surface area contributed by atoms with Gasteiger partial charge in [0.05, 0.1) is 10.7 Å². The second-order valence-electron chi connectivity index (χ2n) is 4.51. The lowest BCUT2D eigenvalue weighted by Gasteiger charge is -2.12. The molecule has 0 fully saturated rings. The number of pyridine rings is 1. The number of aromatic nitrogens is 1. The van der Waals surface area contributed by atoms with Crippen molar-refractivity contribution in [1.29, 1.82) is 0 Å². The maximum atomic E-state index is 5.89. The van der Waals surface area contributed by atoms with Gasteiger partial charge >= 0.3 is 0 Å². The summed E-state index contributed by atoms with van der Waals surface area (Å²) in [7, 11) is 0. The lowest BCUT2D eigenvalue weighted by Crippen LogP contribution is -1.96. The maximum absolute atomic E-state index is 5.89. The van der Waals surface area contributed by atoms with Crippen LogP contribution in [-0.2, 0) is 0 Å². The monoisotopic (exact) mass is 296 g/mol. The molecule has 0 saturated carbocycles. The summed E-state index contributed by atoms with van der Waals surface area (Å²) >= 11 is 5.85. The highest BCUT2D eigenvalue weighted by atomic mass is 35.5. The summed E-state index contributed by atoms with van der Waals surface area (Å²) in [6, 6.07) is 19.4. The van der Waals surface area contributed by atoms with E-state index in [0.29, 0.717) is 22.3 Å². The molecule has 104 valence electrons. The predicted molar refractivity (Wildman–Crippen MR) is 85.6 cm³/mol. The summed E-state index contributed by atoms with van der Waals surface area (Å²) in [5, 5.41) is 0.483. The van der Waals surface area contributed by atoms with Crippen molar-refractivity contribution in [3.05, 3.63) is 71.9 Å². The maximum Gasteiger partial charge on any atom is 0.242 e. The number of nitrogen functional groups attached to an aromatic ring is 1. The van der Waals surface area contributed by atoms with Crippen LogP contribution in [0.4, 0.5) is 5.69 Å². The lowest BCUT2D eigenvalue weighted by atomic mass is 10.1. The summed E-state index contributed by atoms with van der Waals surface area (Å²) in [5.41, 5.74) is 8.34. The van der Waals surface area contributed by atoms with Crippen molar-refractivity contribution in [2.45, 2.75) is 0 Å². The Balaban J connectivity index is 2.00. The standard InChI is InChI=1S/C17H13ClN2O/c18-13-10-15(19)17(20-11-13)21-16-9-5-4-8-14(16)12-6-2-1-3-7-12/h1-11H,19H2. The van der Waals surface area contributed by atoms with Gasteiger partial charge in [-0.05, 0) is 17.7 Å². The second-order valence-corrected chi connectivity index (χ2v) is 4.95. The van der Waals surface area contributed by atoms with E-state index in [4.69, 9.17) is 22.1 Å². The molecule has 1 aromatic heterocycles. The smallest absolute Gasteiger partial charge is 0.242 e. The number of nitrogens with zero attached hydrogens (tertiary/aromatic N) is 1. The Labute approximate surface area is 128 Å². The van der Waals surface area contributed by atoms with Gasteiger partial charge in [0.25, 0.3) is 0 Å². The normalized spacial score (nSPS) is 10.3. The van der Waals surface area contributed by atoms with Gasteiger partial charge in [0, 0.05) is 11.8 Å². The molecule has 3 rings (SSSR count). The fraction of sp³-hybridized carbons (Fsp3) is 0. The highest BCUT2D eigenvalue weighted by Gasteiger charge is 2.09. The number of benzene rings is 2. The molecule has 2 N–H and O–H groups in total. The van der Waals surface area contributed by atoms with Crippen LogP contribution in [0.1, 0.15) is 0 Å². The Bertz CT molecular complexity index is 760. The zero-order valence-corrected chi connectivity index (χ0v) is 11.9. The molecule has 0 aliphatic rings. The van der Waals surface area contributed by atoms with Crippen molar-refractivity contribution >= 4 is 17.3 Å². The van der Waals surface area contributed by atoms with E-state index in [-0.39, 0.29) is 0 Å². The molecule has 0 aliphatic heterocycles. The Kier molecular flexibility index (Phi) is 3.75. The van der Waals surface area contributed by atoms with Crippen molar-refractivity contribution in [3.63, 3.8) is 0 Å². The molecule has 0 saturated heterocycles. The van der Waals surface area contributed by atoms with E-state index in [9.17, 15) is 0 Å². The van der Waals surface area contributed by atoms with Crippen LogP contribution in [-0.4, -0.2) is 4.98 Å². The zero-order chi connectivity index (χ0) is 14.7. The molecule has 3 aromatic rings. The Morgan fingerprint density at radius 2 is 1.67 bits per heavy atom. The van der Waals surface area contributed by atoms with Crippen LogP contribution in [0.5, 0.6) is 11.6 Å². The average Bonchev–Trinajstić information content (AvgIpc) is 2.51. The van der Waals surface area contributed by atoms with Gasteiger partial charge in [-0.15, -0.1) is 0 Å². The Hall–Kier alpha value is -2.52. The summed E-state index contributed by atoms with van der Waals surface area (Å²) in [6.45, 7) is 0. The van der Waals surface area contributed by atoms with Gasteiger partial charge in [-0.1, -0.05) is 60.1 Å². The van der Waals surface area contributed by atoms with Gasteiger partial charge in [-0.3, -0.25) is 0 Å². The number of anilines is 1. The second kappa shape index (κ2) is 5.85. The predicted octanol–water partition coefficient (Wildman–Crippen LogP) is 4.78. The van der Waals surface area contributed by atoms with Gasteiger partial charge in [0.2, 0.25) is 5.88 Å². The molecule has 21 heavy (non-hydrogen) atoms. The fourth-order valence-corrected chi connectivity index (χ4v) is 2.21. The number of nitrogens with two attached hydrogens (primary N) is 1. The highest BCUT2D eigenvalue weighted by molar-refractivity contribution is 6.30. The van der Waals surface area contributed by atoms with Gasteiger partial charge in [-0.25, -0.2) is 4.98 Å². The molecule has 0 amide bonds. The highest BCUT2D eigenvalue weighted by Crippen LogP contribution is 2.34. The fourth-order valence-electron chi connectivity index (χ4n) is 2.04. The first-order valence-electron chi connectivity index (χ1n) is 6.47. The van der Waals surface area contributed by atoms with Gasteiger partial charge in [0.1, 0.15) is 5.75 Å². The molecule has 0 aliphatic carbocycles. The molecule has 1 heterocycles. The van der Waals surface area contributed by atoms with Crippen molar-refractivity contribution in [1.82, 2.24) is 4.98 Å². The minimum Gasteiger partial charge on any atom is -0.436 e. The Morgan fingerprint density at radius 3 is 2.43 bits per heavy atom. The third-order valence-corrected chi connectivity index (χ3v) is 3.23. The number of rotatable bonds is 3. The molecular formula is C17H13ClN2O. The largest absolute Gasteiger partial charge is 0.436 e. The molecule has 3 nitrogen and oxygen atoms in total. The van der Waals surface area contributed by atoms with E-state index in [1.165, 1.54) is 6.20 Å². The summed E-state index contributed by atoms with van der Waals surface area (Å²) in [4.78, 5) is 4.13. The molecule has 0 spiro atoms.